The molecule has 0 amide bonds. The van der Waals surface area contributed by atoms with E-state index in [-0.39, 0.29) is 47.7 Å². The van der Waals surface area contributed by atoms with Crippen LogP contribution in [0.3, 0.4) is 0 Å². The van der Waals surface area contributed by atoms with Gasteiger partial charge in [-0.15, -0.1) is 0 Å². The van der Waals surface area contributed by atoms with E-state index in [0.717, 1.165) is 32.1 Å². The van der Waals surface area contributed by atoms with Crippen LogP contribution in [0.25, 0.3) is 0 Å². The Morgan fingerprint density at radius 3 is 1.88 bits per heavy atom. The first-order valence-corrected chi connectivity index (χ1v) is 14.8. The normalized spacial score (nSPS) is 16.5. The van der Waals surface area contributed by atoms with Crippen LogP contribution < -0.4 is 15.2 Å². The van der Waals surface area contributed by atoms with Crippen LogP contribution in [0.2, 0.25) is 0 Å². The van der Waals surface area contributed by atoms with E-state index < -0.39 is 42.3 Å². The third kappa shape index (κ3) is 13.2. The van der Waals surface area contributed by atoms with E-state index in [4.69, 9.17) is 29.4 Å². The molecule has 1 aromatic rings. The van der Waals surface area contributed by atoms with Crippen LogP contribution in [0, 0.1) is 10.8 Å². The molecule has 1 aromatic carbocycles. The molecule has 1 fully saturated rings. The number of rotatable bonds is 11. The molecular formula is C32H49NO9. The van der Waals surface area contributed by atoms with Gasteiger partial charge < -0.3 is 29.4 Å². The Morgan fingerprint density at radius 2 is 1.33 bits per heavy atom. The van der Waals surface area contributed by atoms with Gasteiger partial charge in [0.1, 0.15) is 24.4 Å². The molecular weight excluding hydrogens is 542 g/mol. The molecule has 0 aromatic heterocycles. The van der Waals surface area contributed by atoms with E-state index in [1.165, 1.54) is 12.1 Å². The zero-order valence-corrected chi connectivity index (χ0v) is 26.4. The summed E-state index contributed by atoms with van der Waals surface area (Å²) in [4.78, 5) is 50.0. The van der Waals surface area contributed by atoms with E-state index in [0.29, 0.717) is 5.56 Å². The van der Waals surface area contributed by atoms with Gasteiger partial charge in [-0.3, -0.25) is 14.4 Å². The maximum Gasteiger partial charge on any atom is 0.508 e. The Hall–Kier alpha value is -3.14. The zero-order chi connectivity index (χ0) is 31.7. The Kier molecular flexibility index (Phi) is 12.8. The van der Waals surface area contributed by atoms with Crippen molar-refractivity contribution < 1.29 is 42.9 Å². The SMILES string of the molecule is C[C@H](OC(=O)OC1CCCCC1)[C@H](C)OC(=O)[C@@H](N)Cc1ccc(OC(=O)CC(C)(C)C)c(OC(=O)CC(C)(C)C)c1. The summed E-state index contributed by atoms with van der Waals surface area (Å²) in [5.74, 6) is -1.47. The van der Waals surface area contributed by atoms with Crippen molar-refractivity contribution in [3.8, 4) is 11.5 Å². The maximum atomic E-state index is 12.8. The second-order valence-corrected chi connectivity index (χ2v) is 13.6. The number of hydrogen-bond donors (Lipinski definition) is 1. The van der Waals surface area contributed by atoms with Gasteiger partial charge in [0.15, 0.2) is 11.5 Å². The van der Waals surface area contributed by atoms with Crippen molar-refractivity contribution in [1.29, 1.82) is 0 Å². The predicted molar refractivity (Wildman–Crippen MR) is 157 cm³/mol. The molecule has 10 heteroatoms. The highest BCUT2D eigenvalue weighted by molar-refractivity contribution is 5.78. The van der Waals surface area contributed by atoms with Crippen LogP contribution in [-0.2, 0) is 35.0 Å². The first kappa shape index (κ1) is 35.1. The fourth-order valence-electron chi connectivity index (χ4n) is 4.33. The van der Waals surface area contributed by atoms with Gasteiger partial charge in [0, 0.05) is 0 Å². The molecule has 0 heterocycles. The van der Waals surface area contributed by atoms with Crippen LogP contribution in [0.15, 0.2) is 18.2 Å². The quantitative estimate of drug-likeness (QED) is 0.239. The highest BCUT2D eigenvalue weighted by Crippen LogP contribution is 2.32. The van der Waals surface area contributed by atoms with Crippen molar-refractivity contribution in [3.05, 3.63) is 23.8 Å². The molecule has 0 unspecified atom stereocenters. The third-order valence-electron chi connectivity index (χ3n) is 6.62. The van der Waals surface area contributed by atoms with Crippen LogP contribution in [0.4, 0.5) is 4.79 Å². The lowest BCUT2D eigenvalue weighted by Crippen LogP contribution is -2.39. The molecule has 3 atom stereocenters. The Bertz CT molecular complexity index is 1080. The minimum absolute atomic E-state index is 0.0601. The van der Waals surface area contributed by atoms with E-state index in [9.17, 15) is 19.2 Å². The molecule has 0 aliphatic heterocycles. The molecule has 2 rings (SSSR count). The van der Waals surface area contributed by atoms with Crippen molar-refractivity contribution in [2.24, 2.45) is 16.6 Å². The van der Waals surface area contributed by atoms with Crippen molar-refractivity contribution in [3.63, 3.8) is 0 Å². The lowest BCUT2D eigenvalue weighted by atomic mass is 9.92. The number of esters is 3. The van der Waals surface area contributed by atoms with Crippen molar-refractivity contribution in [1.82, 2.24) is 0 Å². The summed E-state index contributed by atoms with van der Waals surface area (Å²) in [7, 11) is 0. The van der Waals surface area contributed by atoms with Crippen molar-refractivity contribution >= 4 is 24.1 Å². The van der Waals surface area contributed by atoms with Gasteiger partial charge in [-0.1, -0.05) is 54.0 Å². The molecule has 2 N–H and O–H groups in total. The standard InChI is InChI=1S/C32H49NO9/c1-20(21(2)39-30(37)40-23-12-10-9-11-13-23)38-29(36)24(33)16-22-14-15-25(41-27(34)18-31(3,4)5)26(17-22)42-28(35)19-32(6,7)8/h14-15,17,20-21,23-24H,9-13,16,18-19,33H2,1-8H3/t20-,21-,24-/m0/s1. The van der Waals surface area contributed by atoms with Crippen LogP contribution in [0.1, 0.15) is 106 Å². The Labute approximate surface area is 249 Å². The summed E-state index contributed by atoms with van der Waals surface area (Å²) in [6.07, 6.45) is 2.76. The topological polar surface area (TPSA) is 140 Å². The molecule has 0 bridgehead atoms. The van der Waals surface area contributed by atoms with Gasteiger partial charge in [0.05, 0.1) is 12.8 Å². The first-order chi connectivity index (χ1) is 19.4. The maximum absolute atomic E-state index is 12.8. The van der Waals surface area contributed by atoms with Gasteiger partial charge in [0.25, 0.3) is 0 Å². The van der Waals surface area contributed by atoms with Crippen LogP contribution in [-0.4, -0.2) is 48.4 Å². The third-order valence-corrected chi connectivity index (χ3v) is 6.62. The molecule has 0 radical (unpaired) electrons. The number of carbonyl (C=O) groups is 4. The summed E-state index contributed by atoms with van der Waals surface area (Å²) >= 11 is 0. The van der Waals surface area contributed by atoms with Gasteiger partial charge >= 0.3 is 24.1 Å². The Morgan fingerprint density at radius 1 is 0.810 bits per heavy atom. The largest absolute Gasteiger partial charge is 0.508 e. The average Bonchev–Trinajstić information content (AvgIpc) is 2.83. The summed E-state index contributed by atoms with van der Waals surface area (Å²) in [5, 5.41) is 0. The average molecular weight is 592 g/mol. The summed E-state index contributed by atoms with van der Waals surface area (Å²) in [6, 6.07) is 3.64. The van der Waals surface area contributed by atoms with Crippen LogP contribution >= 0.6 is 0 Å². The number of carbonyl (C=O) groups excluding carboxylic acids is 4. The molecule has 1 aliphatic rings. The second kappa shape index (κ2) is 15.4. The second-order valence-electron chi connectivity index (χ2n) is 13.6. The summed E-state index contributed by atoms with van der Waals surface area (Å²) in [5.41, 5.74) is 6.12. The molecule has 1 saturated carbocycles. The van der Waals surface area contributed by atoms with E-state index in [1.54, 1.807) is 19.9 Å². The lowest BCUT2D eigenvalue weighted by molar-refractivity contribution is -0.156. The predicted octanol–water partition coefficient (Wildman–Crippen LogP) is 6.05. The first-order valence-electron chi connectivity index (χ1n) is 14.8. The number of ether oxygens (including phenoxy) is 5. The van der Waals surface area contributed by atoms with Gasteiger partial charge in [-0.2, -0.15) is 0 Å². The molecule has 42 heavy (non-hydrogen) atoms. The molecule has 0 spiro atoms. The fraction of sp³-hybridized carbons (Fsp3) is 0.688. The summed E-state index contributed by atoms with van der Waals surface area (Å²) in [6.45, 7) is 14.7. The summed E-state index contributed by atoms with van der Waals surface area (Å²) < 4.78 is 27.3. The van der Waals surface area contributed by atoms with E-state index in [1.807, 2.05) is 41.5 Å². The van der Waals surface area contributed by atoms with Crippen molar-refractivity contribution in [2.45, 2.75) is 131 Å². The van der Waals surface area contributed by atoms with E-state index in [2.05, 4.69) is 0 Å². The lowest BCUT2D eigenvalue weighted by Gasteiger charge is -2.25. The monoisotopic (exact) mass is 591 g/mol. The highest BCUT2D eigenvalue weighted by atomic mass is 16.7. The van der Waals surface area contributed by atoms with Gasteiger partial charge in [-0.25, -0.2) is 4.79 Å². The minimum Gasteiger partial charge on any atom is -0.458 e. The number of benzene rings is 1. The molecule has 0 saturated heterocycles. The molecule has 236 valence electrons. The van der Waals surface area contributed by atoms with E-state index >= 15 is 0 Å². The zero-order valence-electron chi connectivity index (χ0n) is 26.4. The Balaban J connectivity index is 2.03. The molecule has 10 nitrogen and oxygen atoms in total. The number of nitrogens with two attached hydrogens (primary N) is 1. The number of hydrogen-bond acceptors (Lipinski definition) is 10. The molecule has 1 aliphatic carbocycles. The van der Waals surface area contributed by atoms with Gasteiger partial charge in [-0.05, 0) is 74.5 Å². The smallest absolute Gasteiger partial charge is 0.458 e. The van der Waals surface area contributed by atoms with Crippen molar-refractivity contribution in [2.75, 3.05) is 0 Å². The minimum atomic E-state index is -1.05. The van der Waals surface area contributed by atoms with Gasteiger partial charge in [0.2, 0.25) is 0 Å². The fourth-order valence-corrected chi connectivity index (χ4v) is 4.33. The van der Waals surface area contributed by atoms with Crippen LogP contribution in [0.5, 0.6) is 11.5 Å². The highest BCUT2D eigenvalue weighted by Gasteiger charge is 2.27.